The van der Waals surface area contributed by atoms with E-state index >= 15 is 0 Å². The summed E-state index contributed by atoms with van der Waals surface area (Å²) in [4.78, 5) is 19.0. The lowest BCUT2D eigenvalue weighted by Crippen LogP contribution is -2.13. The van der Waals surface area contributed by atoms with Crippen molar-refractivity contribution in [3.8, 4) is 22.0 Å². The molecule has 2 aromatic carbocycles. The molecule has 0 N–H and O–H groups in total. The van der Waals surface area contributed by atoms with Crippen LogP contribution in [-0.4, -0.2) is 33.9 Å². The van der Waals surface area contributed by atoms with Gasteiger partial charge in [0.1, 0.15) is 19.0 Å². The Morgan fingerprint density at radius 1 is 1.03 bits per heavy atom. The van der Waals surface area contributed by atoms with Crippen LogP contribution in [0.15, 0.2) is 78.2 Å². The molecule has 0 aliphatic rings. The molecule has 0 saturated heterocycles. The normalized spacial score (nSPS) is 11.0. The van der Waals surface area contributed by atoms with E-state index in [4.69, 9.17) is 26.1 Å². The Morgan fingerprint density at radius 3 is 2.59 bits per heavy atom. The fourth-order valence-corrected chi connectivity index (χ4v) is 4.55. The number of ether oxygens (including phenoxy) is 2. The second kappa shape index (κ2) is 9.67. The maximum Gasteiger partial charge on any atom is 0.339 e. The highest BCUT2D eigenvalue weighted by Crippen LogP contribution is 2.31. The summed E-state index contributed by atoms with van der Waals surface area (Å²) in [6.07, 6.45) is 0. The molecule has 3 aromatic heterocycles. The fraction of sp³-hybridized carbons (Fsp3) is 0.115. The lowest BCUT2D eigenvalue weighted by atomic mass is 10.1. The van der Waals surface area contributed by atoms with Crippen LogP contribution in [0.4, 0.5) is 0 Å². The molecule has 3 heterocycles. The van der Waals surface area contributed by atoms with Gasteiger partial charge in [0, 0.05) is 0 Å². The third-order valence-corrected chi connectivity index (χ3v) is 6.42. The molecule has 0 unspecified atom stereocenters. The molecule has 0 amide bonds. The zero-order valence-corrected chi connectivity index (χ0v) is 19.8. The van der Waals surface area contributed by atoms with Crippen molar-refractivity contribution < 1.29 is 14.3 Å². The number of hydrogen-bond acceptors (Lipinski definition) is 6. The number of fused-ring (bicyclic) bond motifs is 1. The Hall–Kier alpha value is -3.68. The van der Waals surface area contributed by atoms with Crippen molar-refractivity contribution in [1.82, 2.24) is 14.8 Å². The first-order valence-corrected chi connectivity index (χ1v) is 11.9. The topological polar surface area (TPSA) is 66.2 Å². The summed E-state index contributed by atoms with van der Waals surface area (Å²) in [5.41, 5.74) is 3.28. The minimum atomic E-state index is -0.455. The summed E-state index contributed by atoms with van der Waals surface area (Å²) in [5.74, 6) is 0.0927. The molecule has 0 radical (unpaired) electrons. The summed E-state index contributed by atoms with van der Waals surface area (Å²) in [6, 6.07) is 22.6. The minimum Gasteiger partial charge on any atom is -0.488 e. The molecule has 0 atom stereocenters. The van der Waals surface area contributed by atoms with Gasteiger partial charge in [-0.3, -0.25) is 0 Å². The Labute approximate surface area is 205 Å². The van der Waals surface area contributed by atoms with Crippen molar-refractivity contribution >= 4 is 39.9 Å². The van der Waals surface area contributed by atoms with Gasteiger partial charge in [0.15, 0.2) is 5.65 Å². The molecule has 170 valence electrons. The van der Waals surface area contributed by atoms with Crippen LogP contribution in [0.5, 0.6) is 5.75 Å². The molecule has 34 heavy (non-hydrogen) atoms. The molecule has 0 saturated carbocycles. The number of rotatable bonds is 7. The molecule has 0 aliphatic heterocycles. The number of aryl methyl sites for hydroxylation is 1. The highest BCUT2D eigenvalue weighted by Gasteiger charge is 2.22. The van der Waals surface area contributed by atoms with Gasteiger partial charge in [0.05, 0.1) is 37.9 Å². The highest BCUT2D eigenvalue weighted by molar-refractivity contribution is 7.13. The number of esters is 1. The maximum absolute atomic E-state index is 13.2. The number of carbonyl (C=O) groups is 1. The van der Waals surface area contributed by atoms with E-state index in [9.17, 15) is 4.79 Å². The number of nitrogens with zero attached hydrogens (tertiary/aromatic N) is 3. The monoisotopic (exact) mass is 489 g/mol. The predicted octanol–water partition coefficient (Wildman–Crippen LogP) is 6.35. The van der Waals surface area contributed by atoms with Crippen LogP contribution < -0.4 is 4.74 Å². The first kappa shape index (κ1) is 22.1. The summed E-state index contributed by atoms with van der Waals surface area (Å²) in [7, 11) is 0. The summed E-state index contributed by atoms with van der Waals surface area (Å²) in [6.45, 7) is 2.13. The van der Waals surface area contributed by atoms with Gasteiger partial charge in [-0.2, -0.15) is 5.10 Å². The number of para-hydroxylation sites is 2. The van der Waals surface area contributed by atoms with Crippen LogP contribution in [0.2, 0.25) is 5.02 Å². The van der Waals surface area contributed by atoms with Crippen molar-refractivity contribution in [2.75, 3.05) is 13.2 Å². The van der Waals surface area contributed by atoms with E-state index in [0.717, 1.165) is 10.6 Å². The number of thiophene rings is 1. The van der Waals surface area contributed by atoms with Gasteiger partial charge in [-0.05, 0) is 48.7 Å². The van der Waals surface area contributed by atoms with Gasteiger partial charge >= 0.3 is 5.97 Å². The molecule has 5 aromatic rings. The molecule has 0 fully saturated rings. The third kappa shape index (κ3) is 4.40. The second-order valence-corrected chi connectivity index (χ2v) is 8.83. The van der Waals surface area contributed by atoms with E-state index in [0.29, 0.717) is 38.8 Å². The lowest BCUT2D eigenvalue weighted by Gasteiger charge is -2.10. The minimum absolute atomic E-state index is 0.0775. The molecule has 0 aliphatic carbocycles. The predicted molar refractivity (Wildman–Crippen MR) is 134 cm³/mol. The molecule has 6 nitrogen and oxygen atoms in total. The number of hydrogen-bond donors (Lipinski definition) is 0. The third-order valence-electron chi connectivity index (χ3n) is 5.22. The number of pyridine rings is 1. The van der Waals surface area contributed by atoms with Crippen molar-refractivity contribution in [3.63, 3.8) is 0 Å². The molecule has 0 spiro atoms. The number of benzene rings is 2. The van der Waals surface area contributed by atoms with Gasteiger partial charge in [0.2, 0.25) is 0 Å². The SMILES string of the molecule is Cc1nn(-c2ccccc2)c2nc(-c3cccs3)cc(C(=O)OCCOc3ccccc3Cl)c12. The van der Waals surface area contributed by atoms with Crippen LogP contribution in [-0.2, 0) is 4.74 Å². The van der Waals surface area contributed by atoms with E-state index in [1.165, 1.54) is 0 Å². The first-order chi connectivity index (χ1) is 16.6. The van der Waals surface area contributed by atoms with E-state index < -0.39 is 5.97 Å². The van der Waals surface area contributed by atoms with Crippen LogP contribution in [0, 0.1) is 6.92 Å². The standard InChI is InChI=1S/C26H20ClN3O3S/c1-17-24-19(26(31)33-14-13-32-22-11-6-5-10-20(22)27)16-21(23-12-7-15-34-23)28-25(24)30(29-17)18-8-3-2-4-9-18/h2-12,15-16H,13-14H2,1H3. The molecule has 0 bridgehead atoms. The smallest absolute Gasteiger partial charge is 0.339 e. The molecular weight excluding hydrogens is 470 g/mol. The van der Waals surface area contributed by atoms with E-state index in [-0.39, 0.29) is 13.2 Å². The van der Waals surface area contributed by atoms with Gasteiger partial charge in [-0.1, -0.05) is 48.0 Å². The van der Waals surface area contributed by atoms with Crippen LogP contribution >= 0.6 is 22.9 Å². The zero-order valence-electron chi connectivity index (χ0n) is 18.3. The van der Waals surface area contributed by atoms with Gasteiger partial charge < -0.3 is 9.47 Å². The number of halogens is 1. The average molecular weight is 490 g/mol. The van der Waals surface area contributed by atoms with Crippen molar-refractivity contribution in [2.24, 2.45) is 0 Å². The Bertz CT molecular complexity index is 1450. The van der Waals surface area contributed by atoms with Crippen molar-refractivity contribution in [1.29, 1.82) is 0 Å². The summed E-state index contributed by atoms with van der Waals surface area (Å²) < 4.78 is 13.0. The molecule has 8 heteroatoms. The van der Waals surface area contributed by atoms with Crippen LogP contribution in [0.1, 0.15) is 16.1 Å². The van der Waals surface area contributed by atoms with Crippen LogP contribution in [0.3, 0.4) is 0 Å². The number of carbonyl (C=O) groups excluding carboxylic acids is 1. The Kier molecular flexibility index (Phi) is 6.29. The first-order valence-electron chi connectivity index (χ1n) is 10.7. The van der Waals surface area contributed by atoms with Crippen molar-refractivity contribution in [2.45, 2.75) is 6.92 Å². The highest BCUT2D eigenvalue weighted by atomic mass is 35.5. The fourth-order valence-electron chi connectivity index (χ4n) is 3.68. The summed E-state index contributed by atoms with van der Waals surface area (Å²) >= 11 is 7.67. The second-order valence-electron chi connectivity index (χ2n) is 7.48. The van der Waals surface area contributed by atoms with Gasteiger partial charge in [-0.25, -0.2) is 14.5 Å². The quantitative estimate of drug-likeness (QED) is 0.197. The zero-order chi connectivity index (χ0) is 23.5. The largest absolute Gasteiger partial charge is 0.488 e. The average Bonchev–Trinajstić information content (AvgIpc) is 3.51. The number of aromatic nitrogens is 3. The Balaban J connectivity index is 1.47. The Morgan fingerprint density at radius 2 is 1.82 bits per heavy atom. The maximum atomic E-state index is 13.2. The van der Waals surface area contributed by atoms with Crippen molar-refractivity contribution in [3.05, 3.63) is 94.5 Å². The molecule has 5 rings (SSSR count). The van der Waals surface area contributed by atoms with Crippen LogP contribution in [0.25, 0.3) is 27.3 Å². The van der Waals surface area contributed by atoms with E-state index in [2.05, 4.69) is 5.10 Å². The van der Waals surface area contributed by atoms with Gasteiger partial charge in [-0.15, -0.1) is 11.3 Å². The summed E-state index contributed by atoms with van der Waals surface area (Å²) in [5, 5.41) is 7.84. The van der Waals surface area contributed by atoms with E-state index in [1.807, 2.05) is 66.9 Å². The van der Waals surface area contributed by atoms with E-state index in [1.54, 1.807) is 34.2 Å². The molecular formula is C26H20ClN3O3S. The lowest BCUT2D eigenvalue weighted by molar-refractivity contribution is 0.0452. The van der Waals surface area contributed by atoms with Gasteiger partial charge in [0.25, 0.3) is 0 Å².